The Morgan fingerprint density at radius 3 is 2.79 bits per heavy atom. The Morgan fingerprint density at radius 1 is 1.16 bits per heavy atom. The summed E-state index contributed by atoms with van der Waals surface area (Å²) in [5, 5.41) is 15.9. The molecule has 0 spiro atoms. The molecular weight excluding hydrogens is 498 g/mol. The second-order valence-corrected chi connectivity index (χ2v) is 10.5. The van der Waals surface area contributed by atoms with Crippen molar-refractivity contribution < 1.29 is 9.21 Å². The van der Waals surface area contributed by atoms with Crippen molar-refractivity contribution in [1.82, 2.24) is 34.8 Å². The number of carbonyl (C=O) groups is 1. The predicted molar refractivity (Wildman–Crippen MR) is 143 cm³/mol. The molecular formula is C28H27N7O2S. The smallest absolute Gasteiger partial charge is 0.266 e. The first kappa shape index (κ1) is 24.2. The monoisotopic (exact) mass is 525 g/mol. The fourth-order valence-electron chi connectivity index (χ4n) is 4.82. The highest BCUT2D eigenvalue weighted by molar-refractivity contribution is 7.09. The van der Waals surface area contributed by atoms with Gasteiger partial charge in [-0.15, -0.1) is 21.5 Å². The minimum absolute atomic E-state index is 0.0280. The second-order valence-electron chi connectivity index (χ2n) is 9.57. The predicted octanol–water partition coefficient (Wildman–Crippen LogP) is 5.41. The van der Waals surface area contributed by atoms with E-state index in [1.54, 1.807) is 40.5 Å². The quantitative estimate of drug-likeness (QED) is 0.280. The van der Waals surface area contributed by atoms with Crippen LogP contribution in [0.25, 0.3) is 17.4 Å². The van der Waals surface area contributed by atoms with Crippen LogP contribution >= 0.6 is 11.3 Å². The summed E-state index contributed by atoms with van der Waals surface area (Å²) in [5.74, 6) is 1.27. The van der Waals surface area contributed by atoms with E-state index in [2.05, 4.69) is 39.3 Å². The molecule has 4 aromatic heterocycles. The van der Waals surface area contributed by atoms with Crippen molar-refractivity contribution in [3.8, 4) is 17.4 Å². The molecule has 6 rings (SSSR count). The molecule has 5 aromatic rings. The van der Waals surface area contributed by atoms with E-state index in [1.165, 1.54) is 5.56 Å². The molecule has 1 aromatic carbocycles. The molecule has 9 nitrogen and oxygen atoms in total. The number of amides is 1. The Morgan fingerprint density at radius 2 is 2.03 bits per heavy atom. The first-order chi connectivity index (χ1) is 18.5. The number of carbonyl (C=O) groups excluding carboxylic acids is 1. The molecule has 1 saturated heterocycles. The maximum Gasteiger partial charge on any atom is 0.266 e. The van der Waals surface area contributed by atoms with Gasteiger partial charge in [0.2, 0.25) is 5.89 Å². The number of hydrogen-bond acceptors (Lipinski definition) is 8. The maximum absolute atomic E-state index is 13.8. The molecule has 10 heteroatoms. The molecule has 0 radical (unpaired) electrons. The van der Waals surface area contributed by atoms with Crippen LogP contribution in [0.3, 0.4) is 0 Å². The van der Waals surface area contributed by atoms with Gasteiger partial charge in [0.05, 0.1) is 6.04 Å². The topological polar surface area (TPSA) is 103 Å². The third-order valence-electron chi connectivity index (χ3n) is 6.70. The highest BCUT2D eigenvalue weighted by Crippen LogP contribution is 2.35. The number of nitrogens with zero attached hydrogens (tertiary/aromatic N) is 7. The Labute approximate surface area is 224 Å². The minimum atomic E-state index is -0.0745. The number of rotatable bonds is 7. The zero-order chi connectivity index (χ0) is 26.1. The standard InChI is InChI=1S/C28H27N7O2S/c1-18(14-20-8-4-3-5-9-20)25-32-33-26(37-25)22-15-21(16-24(31-22)35-13-7-11-29-35)28(36)34-12-6-10-23(34)27-30-19(2)17-38-27/h3-5,7-9,11,13,15-18,23H,6,10,12,14H2,1-2H3. The highest BCUT2D eigenvalue weighted by atomic mass is 32.1. The van der Waals surface area contributed by atoms with E-state index >= 15 is 0 Å². The van der Waals surface area contributed by atoms with Crippen LogP contribution < -0.4 is 0 Å². The van der Waals surface area contributed by atoms with Gasteiger partial charge in [0.1, 0.15) is 10.7 Å². The minimum Gasteiger partial charge on any atom is -0.419 e. The molecule has 2 unspecified atom stereocenters. The van der Waals surface area contributed by atoms with Gasteiger partial charge in [-0.2, -0.15) is 5.10 Å². The lowest BCUT2D eigenvalue weighted by Crippen LogP contribution is -2.30. The van der Waals surface area contributed by atoms with Gasteiger partial charge in [0.25, 0.3) is 11.8 Å². The summed E-state index contributed by atoms with van der Waals surface area (Å²) >= 11 is 1.61. The van der Waals surface area contributed by atoms with Crippen molar-refractivity contribution in [2.75, 3.05) is 6.54 Å². The van der Waals surface area contributed by atoms with E-state index in [1.807, 2.05) is 41.5 Å². The van der Waals surface area contributed by atoms with Crippen LogP contribution in [0.4, 0.5) is 0 Å². The molecule has 0 aliphatic carbocycles. The van der Waals surface area contributed by atoms with Gasteiger partial charge in [-0.1, -0.05) is 37.3 Å². The SMILES string of the molecule is Cc1csc(C2CCCN2C(=O)c2cc(-c3nnc(C(C)Cc4ccccc4)o3)nc(-n3cccn3)c2)n1. The lowest BCUT2D eigenvalue weighted by molar-refractivity contribution is 0.0735. The van der Waals surface area contributed by atoms with Crippen LogP contribution in [0.5, 0.6) is 0 Å². The zero-order valence-corrected chi connectivity index (χ0v) is 22.0. The number of thiazole rings is 1. The molecule has 1 aliphatic rings. The summed E-state index contributed by atoms with van der Waals surface area (Å²) in [4.78, 5) is 25.1. The lowest BCUT2D eigenvalue weighted by Gasteiger charge is -2.23. The molecule has 1 fully saturated rings. The fraction of sp³-hybridized carbons (Fsp3) is 0.286. The number of aryl methyl sites for hydroxylation is 1. The average Bonchev–Trinajstić information content (AvgIpc) is 3.75. The number of benzene rings is 1. The van der Waals surface area contributed by atoms with Gasteiger partial charge in [-0.05, 0) is 49.9 Å². The average molecular weight is 526 g/mol. The third-order valence-corrected chi connectivity index (χ3v) is 7.76. The van der Waals surface area contributed by atoms with Gasteiger partial charge in [0.15, 0.2) is 5.82 Å². The van der Waals surface area contributed by atoms with Crippen LogP contribution in [0.2, 0.25) is 0 Å². The summed E-state index contributed by atoms with van der Waals surface area (Å²) < 4.78 is 7.71. The number of likely N-dealkylation sites (tertiary alicyclic amines) is 1. The Kier molecular flexibility index (Phi) is 6.55. The molecule has 2 atom stereocenters. The molecule has 192 valence electrons. The molecule has 38 heavy (non-hydrogen) atoms. The van der Waals surface area contributed by atoms with Crippen molar-refractivity contribution in [1.29, 1.82) is 0 Å². The van der Waals surface area contributed by atoms with E-state index in [9.17, 15) is 4.79 Å². The van der Waals surface area contributed by atoms with Crippen LogP contribution in [-0.4, -0.2) is 47.3 Å². The Hall–Kier alpha value is -4.18. The first-order valence-corrected chi connectivity index (χ1v) is 13.6. The number of aromatic nitrogens is 6. The molecule has 0 bridgehead atoms. The van der Waals surface area contributed by atoms with Crippen molar-refractivity contribution in [3.05, 3.63) is 94.0 Å². The molecule has 0 saturated carbocycles. The number of pyridine rings is 1. The maximum atomic E-state index is 13.8. The normalized spacial score (nSPS) is 16.2. The van der Waals surface area contributed by atoms with Gasteiger partial charge < -0.3 is 9.32 Å². The third kappa shape index (κ3) is 4.87. The zero-order valence-electron chi connectivity index (χ0n) is 21.2. The molecule has 0 N–H and O–H groups in total. The Balaban J connectivity index is 1.33. The summed E-state index contributed by atoms with van der Waals surface area (Å²) in [6.07, 6.45) is 6.07. The van der Waals surface area contributed by atoms with Crippen LogP contribution in [-0.2, 0) is 6.42 Å². The van der Waals surface area contributed by atoms with Crippen LogP contribution in [0.1, 0.15) is 64.2 Å². The van der Waals surface area contributed by atoms with Crippen molar-refractivity contribution in [2.24, 2.45) is 0 Å². The number of hydrogen-bond donors (Lipinski definition) is 0. The van der Waals surface area contributed by atoms with Gasteiger partial charge in [-0.25, -0.2) is 14.6 Å². The van der Waals surface area contributed by atoms with E-state index in [4.69, 9.17) is 9.40 Å². The van der Waals surface area contributed by atoms with Crippen molar-refractivity contribution in [2.45, 2.75) is 45.1 Å². The van der Waals surface area contributed by atoms with Gasteiger partial charge >= 0.3 is 0 Å². The van der Waals surface area contributed by atoms with E-state index in [0.717, 1.165) is 30.0 Å². The molecule has 1 amide bonds. The summed E-state index contributed by atoms with van der Waals surface area (Å²) in [5.41, 5.74) is 3.11. The lowest BCUT2D eigenvalue weighted by atomic mass is 10.0. The largest absolute Gasteiger partial charge is 0.419 e. The summed E-state index contributed by atoms with van der Waals surface area (Å²) in [6, 6.07) is 15.5. The van der Waals surface area contributed by atoms with Crippen LogP contribution in [0.15, 0.2) is 70.7 Å². The van der Waals surface area contributed by atoms with Gasteiger partial charge in [-0.3, -0.25) is 4.79 Å². The molecule has 1 aliphatic heterocycles. The summed E-state index contributed by atoms with van der Waals surface area (Å²) in [6.45, 7) is 4.71. The Bertz CT molecular complexity index is 1540. The van der Waals surface area contributed by atoms with Crippen molar-refractivity contribution in [3.63, 3.8) is 0 Å². The van der Waals surface area contributed by atoms with Gasteiger partial charge in [0, 0.05) is 41.5 Å². The first-order valence-electron chi connectivity index (χ1n) is 12.7. The second kappa shape index (κ2) is 10.3. The fourth-order valence-corrected chi connectivity index (χ4v) is 5.76. The summed E-state index contributed by atoms with van der Waals surface area (Å²) in [7, 11) is 0. The van der Waals surface area contributed by atoms with Crippen LogP contribution in [0, 0.1) is 6.92 Å². The molecule has 5 heterocycles. The van der Waals surface area contributed by atoms with E-state index < -0.39 is 0 Å². The van der Waals surface area contributed by atoms with E-state index in [0.29, 0.717) is 29.5 Å². The highest BCUT2D eigenvalue weighted by Gasteiger charge is 2.33. The van der Waals surface area contributed by atoms with E-state index in [-0.39, 0.29) is 23.8 Å². The van der Waals surface area contributed by atoms with Crippen molar-refractivity contribution >= 4 is 17.2 Å².